The summed E-state index contributed by atoms with van der Waals surface area (Å²) >= 11 is 0. The summed E-state index contributed by atoms with van der Waals surface area (Å²) in [4.78, 5) is 11.8. The first kappa shape index (κ1) is 16.0. The molecule has 2 aliphatic heterocycles. The Morgan fingerprint density at radius 1 is 1.08 bits per heavy atom. The van der Waals surface area contributed by atoms with Crippen molar-refractivity contribution in [1.29, 1.82) is 0 Å². The highest BCUT2D eigenvalue weighted by atomic mass is 16.5. The molecule has 2 aromatic carbocycles. The van der Waals surface area contributed by atoms with Gasteiger partial charge in [0.05, 0.1) is 13.7 Å². The van der Waals surface area contributed by atoms with Crippen LogP contribution >= 0.6 is 0 Å². The zero-order chi connectivity index (χ0) is 17.2. The summed E-state index contributed by atoms with van der Waals surface area (Å²) in [5.41, 5.74) is 3.07. The second-order valence-corrected chi connectivity index (χ2v) is 6.61. The number of ether oxygens (including phenoxy) is 2. The van der Waals surface area contributed by atoms with Gasteiger partial charge >= 0.3 is 0 Å². The third-order valence-electron chi connectivity index (χ3n) is 5.11. The number of carbonyl (C=O) groups excluding carboxylic acids is 1. The minimum atomic E-state index is -0.0147. The van der Waals surface area contributed by atoms with Gasteiger partial charge in [0, 0.05) is 37.0 Å². The first-order chi connectivity index (χ1) is 12.2. The first-order valence-corrected chi connectivity index (χ1v) is 8.63. The molecule has 0 saturated carbocycles. The largest absolute Gasteiger partial charge is 0.497 e. The third-order valence-corrected chi connectivity index (χ3v) is 5.11. The van der Waals surface area contributed by atoms with Crippen LogP contribution in [0.1, 0.15) is 27.4 Å². The molecule has 0 radical (unpaired) electrons. The molecule has 0 aromatic heterocycles. The third kappa shape index (κ3) is 3.20. The standard InChI is InChI=1S/C20H22N2O3/c1-24-16-5-2-13(3-6-16)19-11-21-9-15(19)12-25-17-7-4-14-10-22-20(23)18(14)8-17/h2-8,15,19,21H,9-12H2,1H3,(H,22,23). The molecule has 130 valence electrons. The molecular weight excluding hydrogens is 316 g/mol. The van der Waals surface area contributed by atoms with Crippen LogP contribution in [-0.4, -0.2) is 32.7 Å². The minimum absolute atomic E-state index is 0.0147. The van der Waals surface area contributed by atoms with Crippen molar-refractivity contribution in [1.82, 2.24) is 10.6 Å². The Balaban J connectivity index is 1.43. The molecule has 2 heterocycles. The monoisotopic (exact) mass is 338 g/mol. The molecule has 1 fully saturated rings. The van der Waals surface area contributed by atoms with Crippen LogP contribution in [0.4, 0.5) is 0 Å². The molecule has 2 unspecified atom stereocenters. The number of amides is 1. The van der Waals surface area contributed by atoms with Crippen LogP contribution in [0.2, 0.25) is 0 Å². The Bertz CT molecular complexity index is 773. The highest BCUT2D eigenvalue weighted by Gasteiger charge is 2.29. The fraction of sp³-hybridized carbons (Fsp3) is 0.350. The van der Waals surface area contributed by atoms with Gasteiger partial charge in [-0.25, -0.2) is 0 Å². The number of benzene rings is 2. The number of carbonyl (C=O) groups is 1. The number of rotatable bonds is 5. The average Bonchev–Trinajstić information content (AvgIpc) is 3.27. The topological polar surface area (TPSA) is 59.6 Å². The van der Waals surface area contributed by atoms with Crippen LogP contribution in [0.25, 0.3) is 0 Å². The van der Waals surface area contributed by atoms with Crippen molar-refractivity contribution in [3.63, 3.8) is 0 Å². The molecule has 2 aromatic rings. The van der Waals surface area contributed by atoms with Crippen LogP contribution in [-0.2, 0) is 6.54 Å². The van der Waals surface area contributed by atoms with E-state index in [0.29, 0.717) is 25.0 Å². The van der Waals surface area contributed by atoms with E-state index in [9.17, 15) is 4.79 Å². The van der Waals surface area contributed by atoms with Crippen molar-refractivity contribution in [3.05, 3.63) is 59.2 Å². The molecule has 1 amide bonds. The Labute approximate surface area is 147 Å². The van der Waals surface area contributed by atoms with Crippen molar-refractivity contribution in [2.24, 2.45) is 5.92 Å². The summed E-state index contributed by atoms with van der Waals surface area (Å²) in [6, 6.07) is 14.0. The second kappa shape index (κ2) is 6.76. The van der Waals surface area contributed by atoms with Gasteiger partial charge in [0.15, 0.2) is 0 Å². The number of hydrogen-bond donors (Lipinski definition) is 2. The Morgan fingerprint density at radius 2 is 1.88 bits per heavy atom. The van der Waals surface area contributed by atoms with Crippen LogP contribution in [0, 0.1) is 5.92 Å². The number of fused-ring (bicyclic) bond motifs is 1. The lowest BCUT2D eigenvalue weighted by Crippen LogP contribution is -2.19. The quantitative estimate of drug-likeness (QED) is 0.878. The smallest absolute Gasteiger partial charge is 0.252 e. The van der Waals surface area contributed by atoms with E-state index < -0.39 is 0 Å². The summed E-state index contributed by atoms with van der Waals surface area (Å²) in [5.74, 6) is 2.44. The van der Waals surface area contributed by atoms with E-state index in [2.05, 4.69) is 22.8 Å². The molecule has 2 N–H and O–H groups in total. The molecule has 25 heavy (non-hydrogen) atoms. The van der Waals surface area contributed by atoms with Gasteiger partial charge in [-0.1, -0.05) is 18.2 Å². The second-order valence-electron chi connectivity index (χ2n) is 6.61. The van der Waals surface area contributed by atoms with Gasteiger partial charge in [0.2, 0.25) is 0 Å². The summed E-state index contributed by atoms with van der Waals surface area (Å²) in [6.45, 7) is 3.12. The molecular formula is C20H22N2O3. The van der Waals surface area contributed by atoms with Gasteiger partial charge in [0.1, 0.15) is 11.5 Å². The highest BCUT2D eigenvalue weighted by Crippen LogP contribution is 2.30. The Morgan fingerprint density at radius 3 is 2.68 bits per heavy atom. The van der Waals surface area contributed by atoms with E-state index in [1.807, 2.05) is 30.3 Å². The summed E-state index contributed by atoms with van der Waals surface area (Å²) < 4.78 is 11.3. The maximum absolute atomic E-state index is 11.8. The molecule has 0 spiro atoms. The van der Waals surface area contributed by atoms with Crippen LogP contribution in [0.15, 0.2) is 42.5 Å². The Kier molecular flexibility index (Phi) is 4.32. The molecule has 0 bridgehead atoms. The SMILES string of the molecule is COc1ccc(C2CNCC2COc2ccc3c(c2)C(=O)NC3)cc1. The fourth-order valence-corrected chi connectivity index (χ4v) is 3.63. The van der Waals surface area contributed by atoms with E-state index in [1.54, 1.807) is 7.11 Å². The van der Waals surface area contributed by atoms with E-state index in [0.717, 1.165) is 35.7 Å². The zero-order valence-electron chi connectivity index (χ0n) is 14.2. The number of methoxy groups -OCH3 is 1. The fourth-order valence-electron chi connectivity index (χ4n) is 3.63. The van der Waals surface area contributed by atoms with Gasteiger partial charge < -0.3 is 20.1 Å². The van der Waals surface area contributed by atoms with E-state index in [-0.39, 0.29) is 5.91 Å². The molecule has 5 nitrogen and oxygen atoms in total. The zero-order valence-corrected chi connectivity index (χ0v) is 14.2. The number of hydrogen-bond acceptors (Lipinski definition) is 4. The normalized spacial score (nSPS) is 21.7. The van der Waals surface area contributed by atoms with Crippen LogP contribution in [0.3, 0.4) is 0 Å². The van der Waals surface area contributed by atoms with Crippen molar-refractivity contribution in [2.75, 3.05) is 26.8 Å². The highest BCUT2D eigenvalue weighted by molar-refractivity contribution is 5.98. The van der Waals surface area contributed by atoms with E-state index >= 15 is 0 Å². The molecule has 1 saturated heterocycles. The van der Waals surface area contributed by atoms with Crippen molar-refractivity contribution >= 4 is 5.91 Å². The van der Waals surface area contributed by atoms with Crippen molar-refractivity contribution < 1.29 is 14.3 Å². The summed E-state index contributed by atoms with van der Waals surface area (Å²) in [6.07, 6.45) is 0. The van der Waals surface area contributed by atoms with Crippen molar-refractivity contribution in [3.8, 4) is 11.5 Å². The van der Waals surface area contributed by atoms with Crippen LogP contribution in [0.5, 0.6) is 11.5 Å². The molecule has 4 rings (SSSR count). The maximum atomic E-state index is 11.8. The molecule has 2 aliphatic rings. The van der Waals surface area contributed by atoms with Crippen LogP contribution < -0.4 is 20.1 Å². The lowest BCUT2D eigenvalue weighted by Gasteiger charge is -2.20. The van der Waals surface area contributed by atoms with Gasteiger partial charge in [0.25, 0.3) is 5.91 Å². The van der Waals surface area contributed by atoms with Gasteiger partial charge in [-0.05, 0) is 35.4 Å². The summed E-state index contributed by atoms with van der Waals surface area (Å²) in [7, 11) is 1.68. The maximum Gasteiger partial charge on any atom is 0.252 e. The molecule has 0 aliphatic carbocycles. The predicted octanol–water partition coefficient (Wildman–Crippen LogP) is 2.32. The van der Waals surface area contributed by atoms with Gasteiger partial charge in [-0.2, -0.15) is 0 Å². The number of nitrogens with one attached hydrogen (secondary N) is 2. The average molecular weight is 338 g/mol. The summed E-state index contributed by atoms with van der Waals surface area (Å²) in [5, 5.41) is 6.29. The predicted molar refractivity (Wildman–Crippen MR) is 95.2 cm³/mol. The molecule has 5 heteroatoms. The van der Waals surface area contributed by atoms with E-state index in [1.165, 1.54) is 5.56 Å². The van der Waals surface area contributed by atoms with Crippen molar-refractivity contribution in [2.45, 2.75) is 12.5 Å². The van der Waals surface area contributed by atoms with Gasteiger partial charge in [-0.3, -0.25) is 4.79 Å². The Hall–Kier alpha value is -2.53. The molecule has 2 atom stereocenters. The lowest BCUT2D eigenvalue weighted by atomic mass is 9.89. The first-order valence-electron chi connectivity index (χ1n) is 8.63. The minimum Gasteiger partial charge on any atom is -0.497 e. The van der Waals surface area contributed by atoms with Gasteiger partial charge in [-0.15, -0.1) is 0 Å². The van der Waals surface area contributed by atoms with E-state index in [4.69, 9.17) is 9.47 Å². The lowest BCUT2D eigenvalue weighted by molar-refractivity contribution is 0.0965.